The second kappa shape index (κ2) is 8.99. The number of nitrogens with zero attached hydrogens (tertiary/aromatic N) is 4. The quantitative estimate of drug-likeness (QED) is 0.673. The third-order valence-electron chi connectivity index (χ3n) is 6.20. The molecule has 0 radical (unpaired) electrons. The molecule has 2 heterocycles. The third-order valence-corrected chi connectivity index (χ3v) is 6.20. The number of carbonyl (C=O) groups is 4. The maximum absolute atomic E-state index is 13.2. The smallest absolute Gasteiger partial charge is 0.334 e. The van der Waals surface area contributed by atoms with E-state index in [-0.39, 0.29) is 24.8 Å². The standard InChI is InChI=1S/C22H27N5O5/c1-24-14-19(28)26-17(11-20(29)30)21(31)25(16-9-5-6-10-16)13-18(26)27(24)22(32)23-12-15-7-3-2-4-8-15/h2-4,7-8,11,16,18H,5-6,9-10,12-14H2,1H3,(H,23,32)(H,29,30)/b17-11+/t18-/m0/s1. The van der Waals surface area contributed by atoms with Crippen LogP contribution in [-0.2, 0) is 20.9 Å². The molecule has 1 saturated carbocycles. The van der Waals surface area contributed by atoms with E-state index in [9.17, 15) is 24.3 Å². The van der Waals surface area contributed by atoms with E-state index < -0.39 is 30.0 Å². The van der Waals surface area contributed by atoms with E-state index in [1.165, 1.54) is 14.9 Å². The van der Waals surface area contributed by atoms with Crippen LogP contribution >= 0.6 is 0 Å². The fourth-order valence-electron chi connectivity index (χ4n) is 4.74. The fourth-order valence-corrected chi connectivity index (χ4v) is 4.74. The Morgan fingerprint density at radius 2 is 1.84 bits per heavy atom. The summed E-state index contributed by atoms with van der Waals surface area (Å²) in [5.74, 6) is -2.21. The van der Waals surface area contributed by atoms with Crippen LogP contribution in [0.25, 0.3) is 0 Å². The average molecular weight is 441 g/mol. The normalized spacial score (nSPS) is 23.6. The maximum Gasteiger partial charge on any atom is 0.334 e. The summed E-state index contributed by atoms with van der Waals surface area (Å²) in [7, 11) is 1.63. The number of urea groups is 1. The number of carbonyl (C=O) groups excluding carboxylic acids is 3. The summed E-state index contributed by atoms with van der Waals surface area (Å²) in [5, 5.41) is 15.2. The number of benzene rings is 1. The van der Waals surface area contributed by atoms with Gasteiger partial charge in [0.1, 0.15) is 11.9 Å². The number of piperazine rings is 1. The second-order valence-electron chi connectivity index (χ2n) is 8.31. The summed E-state index contributed by atoms with van der Waals surface area (Å²) in [6.45, 7) is 0.284. The minimum Gasteiger partial charge on any atom is -0.478 e. The number of fused-ring (bicyclic) bond motifs is 1. The van der Waals surface area contributed by atoms with Crippen LogP contribution in [0, 0.1) is 0 Å². The monoisotopic (exact) mass is 441 g/mol. The van der Waals surface area contributed by atoms with Gasteiger partial charge in [0.25, 0.3) is 5.91 Å². The van der Waals surface area contributed by atoms with Gasteiger partial charge in [-0.25, -0.2) is 19.6 Å². The van der Waals surface area contributed by atoms with Crippen molar-refractivity contribution in [3.8, 4) is 0 Å². The summed E-state index contributed by atoms with van der Waals surface area (Å²) in [6, 6.07) is 8.98. The second-order valence-corrected chi connectivity index (χ2v) is 8.31. The van der Waals surface area contributed by atoms with Crippen LogP contribution in [-0.4, -0.2) is 81.1 Å². The lowest BCUT2D eigenvalue weighted by atomic mass is 10.1. The van der Waals surface area contributed by atoms with Crippen molar-refractivity contribution in [2.45, 2.75) is 44.4 Å². The number of likely N-dealkylation sites (N-methyl/N-ethyl adjacent to an activating group) is 1. The summed E-state index contributed by atoms with van der Waals surface area (Å²) in [6.07, 6.45) is 3.58. The number of hydrogen-bond donors (Lipinski definition) is 2. The third kappa shape index (κ3) is 4.18. The molecule has 4 amide bonds. The molecule has 1 aromatic carbocycles. The predicted octanol–water partition coefficient (Wildman–Crippen LogP) is 0.967. The predicted molar refractivity (Wildman–Crippen MR) is 113 cm³/mol. The van der Waals surface area contributed by atoms with Crippen molar-refractivity contribution >= 4 is 23.8 Å². The molecule has 10 heteroatoms. The van der Waals surface area contributed by atoms with E-state index >= 15 is 0 Å². The van der Waals surface area contributed by atoms with Crippen molar-refractivity contribution in [1.29, 1.82) is 0 Å². The van der Waals surface area contributed by atoms with Crippen LogP contribution in [0.2, 0.25) is 0 Å². The molecule has 1 aromatic rings. The van der Waals surface area contributed by atoms with Gasteiger partial charge in [0.2, 0.25) is 5.91 Å². The van der Waals surface area contributed by atoms with Gasteiger partial charge in [0.05, 0.1) is 19.2 Å². The lowest BCUT2D eigenvalue weighted by Gasteiger charge is -2.53. The van der Waals surface area contributed by atoms with Gasteiger partial charge in [-0.2, -0.15) is 0 Å². The van der Waals surface area contributed by atoms with Gasteiger partial charge in [0.15, 0.2) is 0 Å². The molecule has 3 fully saturated rings. The van der Waals surface area contributed by atoms with E-state index in [1.807, 2.05) is 30.3 Å². The number of aliphatic carboxylic acids is 1. The first-order valence-corrected chi connectivity index (χ1v) is 10.8. The van der Waals surface area contributed by atoms with Gasteiger partial charge < -0.3 is 15.3 Å². The molecule has 0 unspecified atom stereocenters. The van der Waals surface area contributed by atoms with Crippen LogP contribution in [0.4, 0.5) is 4.79 Å². The zero-order chi connectivity index (χ0) is 22.8. The zero-order valence-electron chi connectivity index (χ0n) is 17.9. The Balaban J connectivity index is 1.64. The van der Waals surface area contributed by atoms with Crippen LogP contribution in [0.3, 0.4) is 0 Å². The van der Waals surface area contributed by atoms with Gasteiger partial charge in [-0.1, -0.05) is 43.2 Å². The number of hydrazine groups is 1. The highest BCUT2D eigenvalue weighted by molar-refractivity contribution is 6.03. The van der Waals surface area contributed by atoms with E-state index in [0.717, 1.165) is 37.3 Å². The maximum atomic E-state index is 13.2. The van der Waals surface area contributed by atoms with Crippen molar-refractivity contribution in [2.24, 2.45) is 0 Å². The Labute approximate surface area is 186 Å². The van der Waals surface area contributed by atoms with E-state index in [0.29, 0.717) is 6.54 Å². The number of amides is 4. The van der Waals surface area contributed by atoms with Crippen LogP contribution in [0.1, 0.15) is 31.2 Å². The van der Waals surface area contributed by atoms with Gasteiger partial charge in [-0.15, -0.1) is 0 Å². The number of carboxylic acid groups (broad SMARTS) is 1. The van der Waals surface area contributed by atoms with Crippen LogP contribution in [0.5, 0.6) is 0 Å². The molecule has 2 saturated heterocycles. The Kier molecular flexibility index (Phi) is 6.13. The molecular formula is C22H27N5O5. The summed E-state index contributed by atoms with van der Waals surface area (Å²) >= 11 is 0. The topological polar surface area (TPSA) is 114 Å². The SMILES string of the molecule is CN1CC(=O)N2/C(=C/C(=O)O)C(=O)N(C3CCCC3)C[C@@H]2N1C(=O)NCc1ccccc1. The molecule has 1 aliphatic carbocycles. The van der Waals surface area contributed by atoms with Crippen molar-refractivity contribution in [1.82, 2.24) is 25.1 Å². The molecule has 1 atom stereocenters. The molecule has 0 aromatic heterocycles. The van der Waals surface area contributed by atoms with Crippen LogP contribution < -0.4 is 5.32 Å². The molecular weight excluding hydrogens is 414 g/mol. The first-order chi connectivity index (χ1) is 15.4. The van der Waals surface area contributed by atoms with Gasteiger partial charge >= 0.3 is 12.0 Å². The molecule has 32 heavy (non-hydrogen) atoms. The minimum absolute atomic E-state index is 0.0293. The summed E-state index contributed by atoms with van der Waals surface area (Å²) in [4.78, 5) is 53.5. The first-order valence-electron chi connectivity index (χ1n) is 10.8. The van der Waals surface area contributed by atoms with Gasteiger partial charge in [-0.05, 0) is 18.4 Å². The lowest BCUT2D eigenvalue weighted by molar-refractivity contribution is -0.172. The van der Waals surface area contributed by atoms with E-state index in [1.54, 1.807) is 11.9 Å². The molecule has 2 N–H and O–H groups in total. The Bertz CT molecular complexity index is 943. The van der Waals surface area contributed by atoms with Crippen molar-refractivity contribution in [2.75, 3.05) is 20.1 Å². The molecule has 0 spiro atoms. The highest BCUT2D eigenvalue weighted by Crippen LogP contribution is 2.33. The molecule has 10 nitrogen and oxygen atoms in total. The number of nitrogens with one attached hydrogen (secondary N) is 1. The summed E-state index contributed by atoms with van der Waals surface area (Å²) in [5.41, 5.74) is 0.728. The van der Waals surface area contributed by atoms with Crippen molar-refractivity contribution < 1.29 is 24.3 Å². The Morgan fingerprint density at radius 3 is 2.50 bits per heavy atom. The average Bonchev–Trinajstić information content (AvgIpc) is 3.29. The summed E-state index contributed by atoms with van der Waals surface area (Å²) < 4.78 is 0. The highest BCUT2D eigenvalue weighted by atomic mass is 16.4. The number of carboxylic acids is 1. The van der Waals surface area contributed by atoms with Crippen LogP contribution in [0.15, 0.2) is 42.1 Å². The van der Waals surface area contributed by atoms with E-state index in [4.69, 9.17) is 0 Å². The molecule has 0 bridgehead atoms. The zero-order valence-corrected chi connectivity index (χ0v) is 17.9. The largest absolute Gasteiger partial charge is 0.478 e. The Morgan fingerprint density at radius 1 is 1.16 bits per heavy atom. The highest BCUT2D eigenvalue weighted by Gasteiger charge is 2.50. The Hall–Kier alpha value is -3.40. The first kappa shape index (κ1) is 21.8. The minimum atomic E-state index is -1.31. The number of rotatable bonds is 4. The van der Waals surface area contributed by atoms with Crippen molar-refractivity contribution in [3.05, 3.63) is 47.7 Å². The van der Waals surface area contributed by atoms with Gasteiger partial charge in [0, 0.05) is 19.6 Å². The number of hydrogen-bond acceptors (Lipinski definition) is 5. The molecule has 2 aliphatic heterocycles. The van der Waals surface area contributed by atoms with Crippen molar-refractivity contribution in [3.63, 3.8) is 0 Å². The molecule has 170 valence electrons. The van der Waals surface area contributed by atoms with Gasteiger partial charge in [-0.3, -0.25) is 14.5 Å². The molecule has 3 aliphatic rings. The molecule has 4 rings (SSSR count). The fraction of sp³-hybridized carbons (Fsp3) is 0.455. The lowest BCUT2D eigenvalue weighted by Crippen LogP contribution is -2.73. The van der Waals surface area contributed by atoms with E-state index in [2.05, 4.69) is 5.32 Å².